The van der Waals surface area contributed by atoms with E-state index < -0.39 is 28.4 Å². The second-order valence-electron chi connectivity index (χ2n) is 4.31. The van der Waals surface area contributed by atoms with Crippen LogP contribution < -0.4 is 5.73 Å². The van der Waals surface area contributed by atoms with Gasteiger partial charge >= 0.3 is 5.97 Å². The minimum absolute atomic E-state index is 0.0358. The summed E-state index contributed by atoms with van der Waals surface area (Å²) in [6.07, 6.45) is 0. The third-order valence-corrected chi connectivity index (χ3v) is 6.03. The van der Waals surface area contributed by atoms with Crippen LogP contribution in [0.4, 0.5) is 0 Å². The quantitative estimate of drug-likeness (QED) is 0.763. The van der Waals surface area contributed by atoms with Crippen molar-refractivity contribution in [1.82, 2.24) is 4.31 Å². The van der Waals surface area contributed by atoms with Crippen molar-refractivity contribution in [2.75, 3.05) is 13.1 Å². The first kappa shape index (κ1) is 17.6. The van der Waals surface area contributed by atoms with Crippen LogP contribution in [0.15, 0.2) is 21.5 Å². The maximum absolute atomic E-state index is 12.5. The Morgan fingerprint density at radius 3 is 2.38 bits per heavy atom. The van der Waals surface area contributed by atoms with E-state index in [1.807, 2.05) is 0 Å². The highest BCUT2D eigenvalue weighted by molar-refractivity contribution is 9.10. The Hall–Kier alpha value is -1.45. The zero-order valence-electron chi connectivity index (χ0n) is 11.5. The Balaban J connectivity index is 3.49. The predicted octanol–water partition coefficient (Wildman–Crippen LogP) is 0.952. The molecule has 3 N–H and O–H groups in total. The number of carboxylic acid groups (broad SMARTS) is 1. The van der Waals surface area contributed by atoms with E-state index in [1.54, 1.807) is 13.8 Å². The molecule has 0 aliphatic rings. The number of carbonyl (C=O) groups is 2. The second kappa shape index (κ2) is 6.54. The van der Waals surface area contributed by atoms with Crippen LogP contribution in [0.5, 0.6) is 0 Å². The first-order valence-corrected chi connectivity index (χ1v) is 8.16. The summed E-state index contributed by atoms with van der Waals surface area (Å²) in [4.78, 5) is 21.8. The molecular formula is C12H15BrN2O5S. The minimum atomic E-state index is -4.03. The maximum atomic E-state index is 12.5. The Kier molecular flexibility index (Phi) is 5.48. The van der Waals surface area contributed by atoms with Crippen molar-refractivity contribution in [2.45, 2.75) is 18.7 Å². The van der Waals surface area contributed by atoms with Gasteiger partial charge in [-0.15, -0.1) is 0 Å². The summed E-state index contributed by atoms with van der Waals surface area (Å²) in [5, 5.41) is 9.03. The molecule has 1 rings (SSSR count). The van der Waals surface area contributed by atoms with E-state index in [1.165, 1.54) is 6.07 Å². The van der Waals surface area contributed by atoms with Crippen molar-refractivity contribution in [3.8, 4) is 0 Å². The zero-order chi connectivity index (χ0) is 16.4. The van der Waals surface area contributed by atoms with Crippen LogP contribution >= 0.6 is 15.9 Å². The van der Waals surface area contributed by atoms with Crippen molar-refractivity contribution in [3.05, 3.63) is 27.7 Å². The Labute approximate surface area is 130 Å². The molecule has 7 nitrogen and oxygen atoms in total. The largest absolute Gasteiger partial charge is 0.478 e. The third kappa shape index (κ3) is 3.80. The number of likely N-dealkylation sites (N-methyl/N-ethyl adjacent to an activating group) is 1. The standard InChI is InChI=1S/C12H15BrN2O5S/c1-3-15(6-10(14)16)21(19,20)9-5-8(12(17)18)4-7(2)11(9)13/h4-5H,3,6H2,1-2H3,(H2,14,16)(H,17,18). The molecule has 0 aliphatic carbocycles. The number of aryl methyl sites for hydroxylation is 1. The van der Waals surface area contributed by atoms with Gasteiger partial charge in [-0.25, -0.2) is 13.2 Å². The predicted molar refractivity (Wildman–Crippen MR) is 79.5 cm³/mol. The number of hydrogen-bond donors (Lipinski definition) is 2. The van der Waals surface area contributed by atoms with Gasteiger partial charge in [0.05, 0.1) is 17.0 Å². The maximum Gasteiger partial charge on any atom is 0.335 e. The molecule has 0 bridgehead atoms. The summed E-state index contributed by atoms with van der Waals surface area (Å²) >= 11 is 3.15. The zero-order valence-corrected chi connectivity index (χ0v) is 13.9. The number of primary amides is 1. The molecule has 0 saturated carbocycles. The molecule has 0 aromatic heterocycles. The molecule has 1 amide bonds. The molecule has 0 saturated heterocycles. The Bertz CT molecular complexity index is 687. The molecule has 9 heteroatoms. The average Bonchev–Trinajstić information content (AvgIpc) is 2.37. The Morgan fingerprint density at radius 1 is 1.38 bits per heavy atom. The average molecular weight is 379 g/mol. The van der Waals surface area contributed by atoms with Crippen molar-refractivity contribution in [3.63, 3.8) is 0 Å². The van der Waals surface area contributed by atoms with Gasteiger partial charge in [0.1, 0.15) is 0 Å². The van der Waals surface area contributed by atoms with Gasteiger partial charge in [0, 0.05) is 11.0 Å². The minimum Gasteiger partial charge on any atom is -0.478 e. The molecule has 0 unspecified atom stereocenters. The van der Waals surface area contributed by atoms with Crippen LogP contribution in [0.25, 0.3) is 0 Å². The second-order valence-corrected chi connectivity index (χ2v) is 7.01. The van der Waals surface area contributed by atoms with Crippen molar-refractivity contribution in [2.24, 2.45) is 5.73 Å². The number of hydrogen-bond acceptors (Lipinski definition) is 4. The van der Waals surface area contributed by atoms with Gasteiger partial charge in [-0.3, -0.25) is 4.79 Å². The molecule has 0 aliphatic heterocycles. The molecule has 21 heavy (non-hydrogen) atoms. The van der Waals surface area contributed by atoms with Crippen LogP contribution in [0.3, 0.4) is 0 Å². The monoisotopic (exact) mass is 378 g/mol. The molecule has 0 heterocycles. The molecule has 1 aromatic rings. The van der Waals surface area contributed by atoms with Crippen LogP contribution in [0.2, 0.25) is 0 Å². The normalized spacial score (nSPS) is 11.6. The van der Waals surface area contributed by atoms with E-state index in [4.69, 9.17) is 10.8 Å². The summed E-state index contributed by atoms with van der Waals surface area (Å²) < 4.78 is 26.2. The fourth-order valence-electron chi connectivity index (χ4n) is 1.73. The van der Waals surface area contributed by atoms with Crippen molar-refractivity contribution >= 4 is 37.8 Å². The number of benzene rings is 1. The van der Waals surface area contributed by atoms with Crippen molar-refractivity contribution in [1.29, 1.82) is 0 Å². The van der Waals surface area contributed by atoms with Crippen LogP contribution in [-0.4, -0.2) is 42.8 Å². The van der Waals surface area contributed by atoms with Crippen LogP contribution in [-0.2, 0) is 14.8 Å². The van der Waals surface area contributed by atoms with Gasteiger partial charge in [0.15, 0.2) is 0 Å². The van der Waals surface area contributed by atoms with Gasteiger partial charge in [-0.2, -0.15) is 4.31 Å². The van der Waals surface area contributed by atoms with Gasteiger partial charge < -0.3 is 10.8 Å². The number of carbonyl (C=O) groups excluding carboxylic acids is 1. The highest BCUT2D eigenvalue weighted by Gasteiger charge is 2.28. The fourth-order valence-corrected chi connectivity index (χ4v) is 4.15. The number of amides is 1. The van der Waals surface area contributed by atoms with E-state index in [9.17, 15) is 18.0 Å². The lowest BCUT2D eigenvalue weighted by atomic mass is 10.1. The molecule has 0 fully saturated rings. The third-order valence-electron chi connectivity index (χ3n) is 2.77. The van der Waals surface area contributed by atoms with Gasteiger partial charge in [-0.1, -0.05) is 6.92 Å². The number of aromatic carboxylic acids is 1. The van der Waals surface area contributed by atoms with Gasteiger partial charge in [0.25, 0.3) is 0 Å². The lowest BCUT2D eigenvalue weighted by molar-refractivity contribution is -0.118. The van der Waals surface area contributed by atoms with Crippen LogP contribution in [0.1, 0.15) is 22.8 Å². The molecule has 0 spiro atoms. The van der Waals surface area contributed by atoms with E-state index in [0.29, 0.717) is 5.56 Å². The Morgan fingerprint density at radius 2 is 1.95 bits per heavy atom. The number of nitrogens with zero attached hydrogens (tertiary/aromatic N) is 1. The highest BCUT2D eigenvalue weighted by Crippen LogP contribution is 2.29. The summed E-state index contributed by atoms with van der Waals surface area (Å²) in [5.74, 6) is -2.03. The molecule has 1 aromatic carbocycles. The van der Waals surface area contributed by atoms with E-state index in [-0.39, 0.29) is 21.5 Å². The number of halogens is 1. The summed E-state index contributed by atoms with van der Waals surface area (Å²) in [5.41, 5.74) is 5.35. The topological polar surface area (TPSA) is 118 Å². The van der Waals surface area contributed by atoms with Gasteiger partial charge in [0.2, 0.25) is 15.9 Å². The smallest absolute Gasteiger partial charge is 0.335 e. The van der Waals surface area contributed by atoms with Crippen molar-refractivity contribution < 1.29 is 23.1 Å². The summed E-state index contributed by atoms with van der Waals surface area (Å²) in [7, 11) is -4.03. The van der Waals surface area contributed by atoms with E-state index >= 15 is 0 Å². The highest BCUT2D eigenvalue weighted by atomic mass is 79.9. The number of rotatable bonds is 6. The van der Waals surface area contributed by atoms with E-state index in [0.717, 1.165) is 10.4 Å². The number of nitrogens with two attached hydrogens (primary N) is 1. The number of carboxylic acids is 1. The SMILES string of the molecule is CCN(CC(N)=O)S(=O)(=O)c1cc(C(=O)O)cc(C)c1Br. The fraction of sp³-hybridized carbons (Fsp3) is 0.333. The first-order valence-electron chi connectivity index (χ1n) is 5.93. The lowest BCUT2D eigenvalue weighted by Crippen LogP contribution is -2.38. The van der Waals surface area contributed by atoms with E-state index in [2.05, 4.69) is 15.9 Å². The molecular weight excluding hydrogens is 364 g/mol. The van der Waals surface area contributed by atoms with Gasteiger partial charge in [-0.05, 0) is 40.5 Å². The lowest BCUT2D eigenvalue weighted by Gasteiger charge is -2.20. The first-order chi connectivity index (χ1) is 9.61. The summed E-state index contributed by atoms with van der Waals surface area (Å²) in [6.45, 7) is 2.71. The molecule has 116 valence electrons. The van der Waals surface area contributed by atoms with Crippen LogP contribution in [0, 0.1) is 6.92 Å². The molecule has 0 atom stereocenters. The number of sulfonamides is 1. The molecule has 0 radical (unpaired) electrons. The summed E-state index contributed by atoms with van der Waals surface area (Å²) in [6, 6.07) is 2.41.